The third-order valence-corrected chi connectivity index (χ3v) is 2.61. The lowest BCUT2D eigenvalue weighted by Crippen LogP contribution is -2.03. The number of rotatable bonds is 6. The molecular formula is C13H17N3O2. The molecule has 1 heterocycles. The van der Waals surface area contributed by atoms with E-state index in [9.17, 15) is 0 Å². The molecule has 0 spiro atoms. The summed E-state index contributed by atoms with van der Waals surface area (Å²) in [4.78, 5) is 0. The highest BCUT2D eigenvalue weighted by atomic mass is 16.5. The van der Waals surface area contributed by atoms with Gasteiger partial charge >= 0.3 is 0 Å². The molecule has 1 aromatic heterocycles. The van der Waals surface area contributed by atoms with Crippen molar-refractivity contribution in [2.45, 2.75) is 26.3 Å². The number of nitrogens with zero attached hydrogens (tertiary/aromatic N) is 2. The lowest BCUT2D eigenvalue weighted by atomic mass is 10.1. The number of benzene rings is 1. The molecule has 0 aliphatic rings. The summed E-state index contributed by atoms with van der Waals surface area (Å²) in [5, 5.41) is 7.68. The third kappa shape index (κ3) is 3.07. The Hall–Kier alpha value is -1.88. The summed E-state index contributed by atoms with van der Waals surface area (Å²) in [5.74, 6) is 1.93. The normalized spacial score (nSPS) is 10.6. The van der Waals surface area contributed by atoms with Gasteiger partial charge in [0.15, 0.2) is 0 Å². The molecular weight excluding hydrogens is 230 g/mol. The first-order valence-corrected chi connectivity index (χ1v) is 6.05. The van der Waals surface area contributed by atoms with Crippen LogP contribution in [0.5, 0.6) is 5.75 Å². The Bertz CT molecular complexity index is 496. The van der Waals surface area contributed by atoms with Crippen molar-refractivity contribution in [1.82, 2.24) is 10.2 Å². The summed E-state index contributed by atoms with van der Waals surface area (Å²) >= 11 is 0. The van der Waals surface area contributed by atoms with E-state index in [0.717, 1.165) is 12.2 Å². The molecule has 96 valence electrons. The lowest BCUT2D eigenvalue weighted by molar-refractivity contribution is 0.301. The van der Waals surface area contributed by atoms with E-state index in [1.807, 2.05) is 18.2 Å². The molecule has 5 heteroatoms. The summed E-state index contributed by atoms with van der Waals surface area (Å²) in [6.07, 6.45) is 1.54. The number of hydrogen-bond acceptors (Lipinski definition) is 5. The maximum atomic E-state index is 5.72. The summed E-state index contributed by atoms with van der Waals surface area (Å²) in [5.41, 5.74) is 6.59. The second kappa shape index (κ2) is 6.16. The number of nitrogens with two attached hydrogens (primary N) is 1. The number of aromatic nitrogens is 2. The molecule has 2 aromatic rings. The van der Waals surface area contributed by atoms with Crippen molar-refractivity contribution in [2.75, 3.05) is 6.61 Å². The van der Waals surface area contributed by atoms with Gasteiger partial charge in [0.05, 0.1) is 19.6 Å². The van der Waals surface area contributed by atoms with Gasteiger partial charge in [0.1, 0.15) is 5.75 Å². The van der Waals surface area contributed by atoms with Gasteiger partial charge in [0.25, 0.3) is 0 Å². The first-order chi connectivity index (χ1) is 8.83. The highest BCUT2D eigenvalue weighted by molar-refractivity contribution is 5.33. The molecule has 0 aliphatic carbocycles. The topological polar surface area (TPSA) is 74.2 Å². The largest absolute Gasteiger partial charge is 0.493 e. The average Bonchev–Trinajstić information content (AvgIpc) is 2.87. The summed E-state index contributed by atoms with van der Waals surface area (Å²) in [7, 11) is 0. The fourth-order valence-corrected chi connectivity index (χ4v) is 1.66. The minimum Gasteiger partial charge on any atom is -0.493 e. The average molecular weight is 247 g/mol. The minimum atomic E-state index is 0.270. The Kier molecular flexibility index (Phi) is 4.30. The molecule has 0 atom stereocenters. The molecule has 0 radical (unpaired) electrons. The van der Waals surface area contributed by atoms with Crippen molar-refractivity contribution in [3.05, 3.63) is 41.6 Å². The van der Waals surface area contributed by atoms with Gasteiger partial charge in [-0.2, -0.15) is 0 Å². The van der Waals surface area contributed by atoms with Crippen molar-refractivity contribution in [2.24, 2.45) is 5.73 Å². The van der Waals surface area contributed by atoms with Gasteiger partial charge in [-0.15, -0.1) is 10.2 Å². The van der Waals surface area contributed by atoms with Gasteiger partial charge in [-0.1, -0.05) is 25.1 Å². The molecule has 0 aliphatic heterocycles. The Labute approximate surface area is 106 Å². The van der Waals surface area contributed by atoms with Crippen LogP contribution in [0.25, 0.3) is 0 Å². The molecule has 0 amide bonds. The number of aryl methyl sites for hydroxylation is 1. The maximum Gasteiger partial charge on any atom is 0.230 e. The maximum absolute atomic E-state index is 5.72. The SMILES string of the molecule is CCc1ccccc1OCCc1nnc(CN)o1. The summed E-state index contributed by atoms with van der Waals surface area (Å²) < 4.78 is 11.0. The zero-order valence-electron chi connectivity index (χ0n) is 10.4. The van der Waals surface area contributed by atoms with Gasteiger partial charge in [0, 0.05) is 0 Å². The Morgan fingerprint density at radius 3 is 2.72 bits per heavy atom. The van der Waals surface area contributed by atoms with E-state index in [4.69, 9.17) is 14.9 Å². The Morgan fingerprint density at radius 2 is 2.00 bits per heavy atom. The summed E-state index contributed by atoms with van der Waals surface area (Å²) in [6, 6.07) is 8.01. The van der Waals surface area contributed by atoms with Gasteiger partial charge < -0.3 is 14.9 Å². The van der Waals surface area contributed by atoms with Gasteiger partial charge in [-0.05, 0) is 18.1 Å². The standard InChI is InChI=1S/C13H17N3O2/c1-2-10-5-3-4-6-11(10)17-8-7-12-15-16-13(9-14)18-12/h3-6H,2,7-9,14H2,1H3. The Balaban J connectivity index is 1.88. The van der Waals surface area contributed by atoms with E-state index in [2.05, 4.69) is 23.2 Å². The molecule has 0 fully saturated rings. The zero-order valence-corrected chi connectivity index (χ0v) is 10.4. The van der Waals surface area contributed by atoms with E-state index in [-0.39, 0.29) is 6.54 Å². The van der Waals surface area contributed by atoms with Crippen LogP contribution in [0.15, 0.2) is 28.7 Å². The molecule has 2 rings (SSSR count). The molecule has 0 saturated carbocycles. The first-order valence-electron chi connectivity index (χ1n) is 6.05. The first kappa shape index (κ1) is 12.6. The number of para-hydroxylation sites is 1. The van der Waals surface area contributed by atoms with Crippen LogP contribution in [0.4, 0.5) is 0 Å². The second-order valence-corrected chi connectivity index (χ2v) is 3.85. The van der Waals surface area contributed by atoms with E-state index in [0.29, 0.717) is 24.8 Å². The molecule has 5 nitrogen and oxygen atoms in total. The van der Waals surface area contributed by atoms with Crippen molar-refractivity contribution < 1.29 is 9.15 Å². The number of ether oxygens (including phenoxy) is 1. The molecule has 0 bridgehead atoms. The third-order valence-electron chi connectivity index (χ3n) is 2.61. The van der Waals surface area contributed by atoms with Crippen molar-refractivity contribution in [3.63, 3.8) is 0 Å². The van der Waals surface area contributed by atoms with E-state index < -0.39 is 0 Å². The number of hydrogen-bond donors (Lipinski definition) is 1. The fraction of sp³-hybridized carbons (Fsp3) is 0.385. The van der Waals surface area contributed by atoms with Crippen LogP contribution in [0.1, 0.15) is 24.3 Å². The highest BCUT2D eigenvalue weighted by Gasteiger charge is 2.05. The molecule has 2 N–H and O–H groups in total. The van der Waals surface area contributed by atoms with Gasteiger partial charge in [-0.25, -0.2) is 0 Å². The fourth-order valence-electron chi connectivity index (χ4n) is 1.66. The van der Waals surface area contributed by atoms with Gasteiger partial charge in [-0.3, -0.25) is 0 Å². The van der Waals surface area contributed by atoms with Crippen molar-refractivity contribution >= 4 is 0 Å². The second-order valence-electron chi connectivity index (χ2n) is 3.85. The summed E-state index contributed by atoms with van der Waals surface area (Å²) in [6.45, 7) is 2.89. The smallest absolute Gasteiger partial charge is 0.230 e. The predicted molar refractivity (Wildman–Crippen MR) is 67.2 cm³/mol. The van der Waals surface area contributed by atoms with Crippen LogP contribution in [0.3, 0.4) is 0 Å². The molecule has 1 aromatic carbocycles. The molecule has 18 heavy (non-hydrogen) atoms. The van der Waals surface area contributed by atoms with Crippen LogP contribution >= 0.6 is 0 Å². The van der Waals surface area contributed by atoms with Gasteiger partial charge in [0.2, 0.25) is 11.8 Å². The highest BCUT2D eigenvalue weighted by Crippen LogP contribution is 2.18. The van der Waals surface area contributed by atoms with Crippen LogP contribution < -0.4 is 10.5 Å². The van der Waals surface area contributed by atoms with E-state index in [1.54, 1.807) is 0 Å². The van der Waals surface area contributed by atoms with Crippen LogP contribution in [-0.4, -0.2) is 16.8 Å². The quantitative estimate of drug-likeness (QED) is 0.841. The predicted octanol–water partition coefficient (Wildman–Crippen LogP) is 1.71. The minimum absolute atomic E-state index is 0.270. The zero-order chi connectivity index (χ0) is 12.8. The van der Waals surface area contributed by atoms with Crippen LogP contribution in [0.2, 0.25) is 0 Å². The van der Waals surface area contributed by atoms with E-state index in [1.165, 1.54) is 5.56 Å². The Morgan fingerprint density at radius 1 is 1.22 bits per heavy atom. The molecule has 0 saturated heterocycles. The lowest BCUT2D eigenvalue weighted by Gasteiger charge is -2.08. The van der Waals surface area contributed by atoms with Crippen molar-refractivity contribution in [3.8, 4) is 5.75 Å². The van der Waals surface area contributed by atoms with E-state index >= 15 is 0 Å². The molecule has 0 unspecified atom stereocenters. The van der Waals surface area contributed by atoms with Crippen LogP contribution in [-0.2, 0) is 19.4 Å². The monoisotopic (exact) mass is 247 g/mol. The van der Waals surface area contributed by atoms with Crippen molar-refractivity contribution in [1.29, 1.82) is 0 Å². The van der Waals surface area contributed by atoms with Crippen LogP contribution in [0, 0.1) is 0 Å².